The molecule has 19 heavy (non-hydrogen) atoms. The molecule has 1 N–H and O–H groups in total. The number of nitrogens with zero attached hydrogens (tertiary/aromatic N) is 1. The van der Waals surface area contributed by atoms with Gasteiger partial charge in [-0.05, 0) is 12.1 Å². The molecule has 0 radical (unpaired) electrons. The number of benzene rings is 1. The lowest BCUT2D eigenvalue weighted by Gasteiger charge is -2.09. The van der Waals surface area contributed by atoms with E-state index in [0.717, 1.165) is 12.3 Å². The molecule has 0 atom stereocenters. The summed E-state index contributed by atoms with van der Waals surface area (Å²) in [5, 5.41) is 9.66. The zero-order chi connectivity index (χ0) is 14.2. The maximum Gasteiger partial charge on any atom is 0.336 e. The Morgan fingerprint density at radius 2 is 1.84 bits per heavy atom. The smallest absolute Gasteiger partial charge is 0.336 e. The largest absolute Gasteiger partial charge is 0.478 e. The topological polar surface area (TPSA) is 50.2 Å². The van der Waals surface area contributed by atoms with E-state index in [1.54, 1.807) is 0 Å². The van der Waals surface area contributed by atoms with E-state index in [9.17, 15) is 9.18 Å². The third kappa shape index (κ3) is 2.81. The van der Waals surface area contributed by atoms with E-state index in [0.29, 0.717) is 0 Å². The van der Waals surface area contributed by atoms with E-state index < -0.39 is 11.9 Å². The molecule has 7 heteroatoms. The molecule has 0 bridgehead atoms. The third-order valence-corrected chi connectivity index (χ3v) is 3.40. The van der Waals surface area contributed by atoms with Crippen LogP contribution in [0.15, 0.2) is 24.4 Å². The quantitative estimate of drug-likeness (QED) is 0.652. The predicted octanol–water partition coefficient (Wildman–Crippen LogP) is 4.55. The van der Waals surface area contributed by atoms with Crippen molar-refractivity contribution in [3.8, 4) is 11.1 Å². The molecule has 2 aromatic rings. The maximum absolute atomic E-state index is 13.0. The lowest BCUT2D eigenvalue weighted by Crippen LogP contribution is -2.02. The van der Waals surface area contributed by atoms with Gasteiger partial charge in [0.1, 0.15) is 0 Å². The molecule has 98 valence electrons. The normalized spacial score (nSPS) is 10.5. The number of rotatable bonds is 2. The van der Waals surface area contributed by atoms with Gasteiger partial charge in [0.25, 0.3) is 0 Å². The van der Waals surface area contributed by atoms with Crippen LogP contribution in [0.2, 0.25) is 15.1 Å². The van der Waals surface area contributed by atoms with Crippen molar-refractivity contribution in [1.29, 1.82) is 0 Å². The number of carbonyl (C=O) groups is 1. The van der Waals surface area contributed by atoms with Crippen LogP contribution in [0.1, 0.15) is 10.4 Å². The van der Waals surface area contributed by atoms with Gasteiger partial charge in [-0.2, -0.15) is 4.39 Å². The summed E-state index contributed by atoms with van der Waals surface area (Å²) in [5.74, 6) is -2.20. The highest BCUT2D eigenvalue weighted by molar-refractivity contribution is 6.45. The van der Waals surface area contributed by atoms with Crippen molar-refractivity contribution in [3.63, 3.8) is 0 Å². The first-order valence-electron chi connectivity index (χ1n) is 4.94. The second-order valence-electron chi connectivity index (χ2n) is 3.61. The molecule has 2 rings (SSSR count). The van der Waals surface area contributed by atoms with Crippen molar-refractivity contribution >= 4 is 40.8 Å². The Kier molecular flexibility index (Phi) is 3.94. The van der Waals surface area contributed by atoms with Crippen molar-refractivity contribution in [2.24, 2.45) is 0 Å². The summed E-state index contributed by atoms with van der Waals surface area (Å²) in [4.78, 5) is 14.5. The van der Waals surface area contributed by atoms with Crippen molar-refractivity contribution < 1.29 is 14.3 Å². The van der Waals surface area contributed by atoms with Crippen LogP contribution in [-0.2, 0) is 0 Å². The van der Waals surface area contributed by atoms with Crippen LogP contribution < -0.4 is 0 Å². The number of hydrogen-bond donors (Lipinski definition) is 1. The van der Waals surface area contributed by atoms with Gasteiger partial charge in [-0.1, -0.05) is 34.8 Å². The minimum Gasteiger partial charge on any atom is -0.478 e. The molecule has 0 amide bonds. The summed E-state index contributed by atoms with van der Waals surface area (Å²) in [6.07, 6.45) is 1.08. The lowest BCUT2D eigenvalue weighted by atomic mass is 10.0. The number of aromatic nitrogens is 1. The van der Waals surface area contributed by atoms with E-state index in [1.807, 2.05) is 0 Å². The standard InChI is InChI=1S/C12H5Cl3FNO2/c13-5-1-6(11(15)9(14)2-5)8-4-17-10(16)3-7(8)12(18)19/h1-4H,(H,18,19). The maximum atomic E-state index is 13.0. The van der Waals surface area contributed by atoms with Crippen LogP contribution >= 0.6 is 34.8 Å². The van der Waals surface area contributed by atoms with Crippen molar-refractivity contribution in [2.75, 3.05) is 0 Å². The Balaban J connectivity index is 2.75. The van der Waals surface area contributed by atoms with E-state index in [4.69, 9.17) is 39.9 Å². The molecule has 3 nitrogen and oxygen atoms in total. The van der Waals surface area contributed by atoms with Gasteiger partial charge in [-0.3, -0.25) is 0 Å². The van der Waals surface area contributed by atoms with Gasteiger partial charge in [-0.15, -0.1) is 0 Å². The van der Waals surface area contributed by atoms with Gasteiger partial charge in [0, 0.05) is 28.4 Å². The predicted molar refractivity (Wildman–Crippen MR) is 71.6 cm³/mol. The molecule has 1 heterocycles. The highest BCUT2D eigenvalue weighted by Crippen LogP contribution is 2.37. The summed E-state index contributed by atoms with van der Waals surface area (Å²) in [6.45, 7) is 0. The van der Waals surface area contributed by atoms with Crippen LogP contribution in [0.25, 0.3) is 11.1 Å². The molecule has 0 saturated carbocycles. The van der Waals surface area contributed by atoms with E-state index in [-0.39, 0.29) is 31.8 Å². The first-order chi connectivity index (χ1) is 8.90. The number of hydrogen-bond acceptors (Lipinski definition) is 2. The molecule has 0 saturated heterocycles. The minimum absolute atomic E-state index is 0.127. The Morgan fingerprint density at radius 3 is 2.47 bits per heavy atom. The second kappa shape index (κ2) is 5.33. The fraction of sp³-hybridized carbons (Fsp3) is 0. The molecule has 0 spiro atoms. The molecular weight excluding hydrogens is 315 g/mol. The fourth-order valence-electron chi connectivity index (χ4n) is 1.57. The average Bonchev–Trinajstić information content (AvgIpc) is 2.34. The molecule has 1 aromatic heterocycles. The summed E-state index contributed by atoms with van der Waals surface area (Å²) in [6, 6.07) is 3.67. The number of aromatic carboxylic acids is 1. The highest BCUT2D eigenvalue weighted by Gasteiger charge is 2.18. The Bertz CT molecular complexity index is 676. The number of pyridine rings is 1. The van der Waals surface area contributed by atoms with Gasteiger partial charge < -0.3 is 5.11 Å². The Morgan fingerprint density at radius 1 is 1.16 bits per heavy atom. The van der Waals surface area contributed by atoms with Crippen molar-refractivity contribution in [3.05, 3.63) is 51.0 Å². The van der Waals surface area contributed by atoms with E-state index in [1.165, 1.54) is 12.1 Å². The van der Waals surface area contributed by atoms with Crippen molar-refractivity contribution in [1.82, 2.24) is 4.98 Å². The molecule has 0 aliphatic heterocycles. The molecule has 0 fully saturated rings. The summed E-state index contributed by atoms with van der Waals surface area (Å²) < 4.78 is 13.0. The number of halogens is 4. The molecule has 0 aliphatic rings. The Labute approximate surface area is 122 Å². The van der Waals surface area contributed by atoms with Gasteiger partial charge in [-0.25, -0.2) is 9.78 Å². The van der Waals surface area contributed by atoms with Gasteiger partial charge in [0.2, 0.25) is 5.95 Å². The lowest BCUT2D eigenvalue weighted by molar-refractivity contribution is 0.0697. The van der Waals surface area contributed by atoms with E-state index in [2.05, 4.69) is 4.98 Å². The van der Waals surface area contributed by atoms with Crippen LogP contribution in [0.4, 0.5) is 4.39 Å². The Hall–Kier alpha value is -1.36. The first-order valence-corrected chi connectivity index (χ1v) is 6.07. The van der Waals surface area contributed by atoms with Crippen LogP contribution in [0.3, 0.4) is 0 Å². The number of carboxylic acid groups (broad SMARTS) is 1. The number of carboxylic acids is 1. The summed E-state index contributed by atoms with van der Waals surface area (Å²) in [7, 11) is 0. The van der Waals surface area contributed by atoms with Crippen LogP contribution in [0, 0.1) is 5.95 Å². The monoisotopic (exact) mass is 319 g/mol. The van der Waals surface area contributed by atoms with E-state index >= 15 is 0 Å². The summed E-state index contributed by atoms with van der Waals surface area (Å²) >= 11 is 17.7. The highest BCUT2D eigenvalue weighted by atomic mass is 35.5. The zero-order valence-electron chi connectivity index (χ0n) is 9.12. The van der Waals surface area contributed by atoms with Gasteiger partial charge >= 0.3 is 5.97 Å². The minimum atomic E-state index is -1.30. The average molecular weight is 321 g/mol. The third-order valence-electron chi connectivity index (χ3n) is 2.38. The van der Waals surface area contributed by atoms with Crippen molar-refractivity contribution in [2.45, 2.75) is 0 Å². The molecule has 0 aliphatic carbocycles. The van der Waals surface area contributed by atoms with Crippen LogP contribution in [0.5, 0.6) is 0 Å². The first kappa shape index (κ1) is 14.1. The molecule has 1 aromatic carbocycles. The van der Waals surface area contributed by atoms with Gasteiger partial charge in [0.05, 0.1) is 15.6 Å². The van der Waals surface area contributed by atoms with Gasteiger partial charge in [0.15, 0.2) is 0 Å². The summed E-state index contributed by atoms with van der Waals surface area (Å²) in [5.41, 5.74) is 0.153. The SMILES string of the molecule is O=C(O)c1cc(F)ncc1-c1cc(Cl)cc(Cl)c1Cl. The second-order valence-corrected chi connectivity index (χ2v) is 4.83. The van der Waals surface area contributed by atoms with Crippen LogP contribution in [-0.4, -0.2) is 16.1 Å². The zero-order valence-corrected chi connectivity index (χ0v) is 11.4. The fourth-order valence-corrected chi connectivity index (χ4v) is 2.28. The molecule has 0 unspecified atom stereocenters. The molecular formula is C12H5Cl3FNO2.